The van der Waals surface area contributed by atoms with E-state index in [-0.39, 0.29) is 26.0 Å². The van der Waals surface area contributed by atoms with Crippen molar-refractivity contribution in [2.45, 2.75) is 13.3 Å². The topological polar surface area (TPSA) is 63.2 Å². The summed E-state index contributed by atoms with van der Waals surface area (Å²) in [4.78, 5) is 10.8. The van der Waals surface area contributed by atoms with Crippen LogP contribution in [-0.2, 0) is 16.0 Å². The van der Waals surface area contributed by atoms with Crippen LogP contribution in [0.3, 0.4) is 0 Å². The van der Waals surface area contributed by atoms with Gasteiger partial charge in [-0.25, -0.2) is 0 Å². The molecule has 0 saturated carbocycles. The summed E-state index contributed by atoms with van der Waals surface area (Å²) in [5.41, 5.74) is 2.08. The number of hydrogen-bond acceptors (Lipinski definition) is 6. The fourth-order valence-electron chi connectivity index (χ4n) is 2.54. The number of methoxy groups -OCH3 is 1. The van der Waals surface area contributed by atoms with E-state index in [1.165, 1.54) is 6.92 Å². The zero-order chi connectivity index (χ0) is 17.6. The van der Waals surface area contributed by atoms with Crippen LogP contribution in [0.1, 0.15) is 18.1 Å². The van der Waals surface area contributed by atoms with Crippen LogP contribution in [0.15, 0.2) is 36.4 Å². The number of fused-ring (bicyclic) bond motifs is 1. The van der Waals surface area contributed by atoms with Crippen molar-refractivity contribution in [2.75, 3.05) is 27.1 Å². The molecule has 1 heterocycles. The number of rotatable bonds is 7. The van der Waals surface area contributed by atoms with E-state index >= 15 is 0 Å². The molecule has 6 nitrogen and oxygen atoms in total. The molecular weight excluding hydrogens is 324 g/mol. The normalized spacial score (nSPS) is 11.9. The average molecular weight is 344 g/mol. The summed E-state index contributed by atoms with van der Waals surface area (Å²) in [5, 5.41) is 0. The van der Waals surface area contributed by atoms with Crippen LogP contribution in [0.4, 0.5) is 0 Å². The second-order valence-electron chi connectivity index (χ2n) is 5.53. The standard InChI is InChI=1S/C19H20O6/c1-13(20)22-7-8-23-17-11-19-18(24-12-25-19)10-15(17)9-14-3-5-16(21-2)6-4-14/h3-6,10-11H,7-9,12H2,1-2H3. The maximum atomic E-state index is 10.8. The van der Waals surface area contributed by atoms with Crippen molar-refractivity contribution in [3.63, 3.8) is 0 Å². The molecule has 0 fully saturated rings. The lowest BCUT2D eigenvalue weighted by Gasteiger charge is -2.13. The molecule has 0 aromatic heterocycles. The molecule has 132 valence electrons. The molecule has 0 atom stereocenters. The van der Waals surface area contributed by atoms with Gasteiger partial charge in [-0.3, -0.25) is 4.79 Å². The van der Waals surface area contributed by atoms with Gasteiger partial charge in [-0.15, -0.1) is 0 Å². The Kier molecular flexibility index (Phi) is 5.28. The van der Waals surface area contributed by atoms with Crippen LogP contribution < -0.4 is 18.9 Å². The Bertz CT molecular complexity index is 738. The van der Waals surface area contributed by atoms with Crippen LogP contribution in [0.25, 0.3) is 0 Å². The summed E-state index contributed by atoms with van der Waals surface area (Å²) in [6.45, 7) is 2.05. The lowest BCUT2D eigenvalue weighted by atomic mass is 10.0. The highest BCUT2D eigenvalue weighted by atomic mass is 16.7. The zero-order valence-electron chi connectivity index (χ0n) is 14.2. The molecule has 0 radical (unpaired) electrons. The van der Waals surface area contributed by atoms with Gasteiger partial charge < -0.3 is 23.7 Å². The van der Waals surface area contributed by atoms with Gasteiger partial charge in [0.15, 0.2) is 11.5 Å². The van der Waals surface area contributed by atoms with Crippen LogP contribution >= 0.6 is 0 Å². The largest absolute Gasteiger partial charge is 0.497 e. The van der Waals surface area contributed by atoms with Gasteiger partial charge in [-0.2, -0.15) is 0 Å². The first-order valence-corrected chi connectivity index (χ1v) is 7.97. The summed E-state index contributed by atoms with van der Waals surface area (Å²) in [5.74, 6) is 2.53. The van der Waals surface area contributed by atoms with Crippen molar-refractivity contribution in [1.82, 2.24) is 0 Å². The van der Waals surface area contributed by atoms with E-state index in [0.717, 1.165) is 16.9 Å². The first kappa shape index (κ1) is 17.0. The van der Waals surface area contributed by atoms with Crippen LogP contribution in [0, 0.1) is 0 Å². The average Bonchev–Trinajstić information content (AvgIpc) is 3.06. The van der Waals surface area contributed by atoms with E-state index in [0.29, 0.717) is 23.7 Å². The van der Waals surface area contributed by atoms with Crippen LogP contribution in [0.2, 0.25) is 0 Å². The first-order chi connectivity index (χ1) is 12.2. The van der Waals surface area contributed by atoms with E-state index in [2.05, 4.69) is 0 Å². The Morgan fingerprint density at radius 1 is 1.08 bits per heavy atom. The minimum Gasteiger partial charge on any atom is -0.497 e. The fraction of sp³-hybridized carbons (Fsp3) is 0.316. The Labute approximate surface area is 146 Å². The number of carbonyl (C=O) groups is 1. The van der Waals surface area contributed by atoms with Crippen molar-refractivity contribution < 1.29 is 28.5 Å². The maximum absolute atomic E-state index is 10.8. The van der Waals surface area contributed by atoms with E-state index < -0.39 is 0 Å². The summed E-state index contributed by atoms with van der Waals surface area (Å²) < 4.78 is 26.8. The van der Waals surface area contributed by atoms with E-state index in [1.54, 1.807) is 7.11 Å². The monoisotopic (exact) mass is 344 g/mol. The molecule has 2 aromatic carbocycles. The number of esters is 1. The molecule has 0 aliphatic carbocycles. The highest BCUT2D eigenvalue weighted by Gasteiger charge is 2.18. The van der Waals surface area contributed by atoms with Crippen molar-refractivity contribution in [2.24, 2.45) is 0 Å². The summed E-state index contributed by atoms with van der Waals surface area (Å²) in [6.07, 6.45) is 0.670. The smallest absolute Gasteiger partial charge is 0.302 e. The molecule has 0 saturated heterocycles. The second-order valence-corrected chi connectivity index (χ2v) is 5.53. The van der Waals surface area contributed by atoms with Crippen molar-refractivity contribution in [3.8, 4) is 23.0 Å². The van der Waals surface area contributed by atoms with Crippen LogP contribution in [-0.4, -0.2) is 33.1 Å². The van der Waals surface area contributed by atoms with Gasteiger partial charge in [0.25, 0.3) is 0 Å². The third-order valence-electron chi connectivity index (χ3n) is 3.76. The molecule has 25 heavy (non-hydrogen) atoms. The van der Waals surface area contributed by atoms with E-state index in [4.69, 9.17) is 23.7 Å². The van der Waals surface area contributed by atoms with Gasteiger partial charge >= 0.3 is 5.97 Å². The third-order valence-corrected chi connectivity index (χ3v) is 3.76. The van der Waals surface area contributed by atoms with Crippen LogP contribution in [0.5, 0.6) is 23.0 Å². The fourth-order valence-corrected chi connectivity index (χ4v) is 2.54. The first-order valence-electron chi connectivity index (χ1n) is 7.97. The van der Waals surface area contributed by atoms with Gasteiger partial charge in [0.05, 0.1) is 7.11 Å². The predicted molar refractivity (Wildman–Crippen MR) is 90.5 cm³/mol. The highest BCUT2D eigenvalue weighted by molar-refractivity contribution is 5.65. The van der Waals surface area contributed by atoms with Crippen molar-refractivity contribution >= 4 is 5.97 Å². The number of benzene rings is 2. The van der Waals surface area contributed by atoms with Gasteiger partial charge in [-0.1, -0.05) is 12.1 Å². The Balaban J connectivity index is 1.76. The Morgan fingerprint density at radius 2 is 1.80 bits per heavy atom. The molecule has 0 N–H and O–H groups in total. The molecule has 0 unspecified atom stereocenters. The minimum atomic E-state index is -0.326. The molecule has 0 bridgehead atoms. The van der Waals surface area contributed by atoms with Crippen molar-refractivity contribution in [1.29, 1.82) is 0 Å². The van der Waals surface area contributed by atoms with E-state index in [1.807, 2.05) is 36.4 Å². The lowest BCUT2D eigenvalue weighted by Crippen LogP contribution is -2.10. The molecule has 1 aliphatic rings. The van der Waals surface area contributed by atoms with Gasteiger partial charge in [0.2, 0.25) is 6.79 Å². The molecule has 2 aromatic rings. The summed E-state index contributed by atoms with van der Waals surface area (Å²) in [6, 6.07) is 11.6. The van der Waals surface area contributed by atoms with Crippen molar-refractivity contribution in [3.05, 3.63) is 47.5 Å². The quantitative estimate of drug-likeness (QED) is 0.568. The summed E-state index contributed by atoms with van der Waals surface area (Å²) in [7, 11) is 1.64. The maximum Gasteiger partial charge on any atom is 0.302 e. The van der Waals surface area contributed by atoms with E-state index in [9.17, 15) is 4.79 Å². The predicted octanol–water partition coefficient (Wildman–Crippen LogP) is 2.96. The number of carbonyl (C=O) groups excluding carboxylic acids is 1. The highest BCUT2D eigenvalue weighted by Crippen LogP contribution is 2.39. The van der Waals surface area contributed by atoms with Gasteiger partial charge in [0, 0.05) is 25.0 Å². The second kappa shape index (κ2) is 7.79. The number of hydrogen-bond donors (Lipinski definition) is 0. The lowest BCUT2D eigenvalue weighted by molar-refractivity contribution is -0.141. The molecule has 1 aliphatic heterocycles. The summed E-state index contributed by atoms with van der Waals surface area (Å²) >= 11 is 0. The minimum absolute atomic E-state index is 0.200. The molecule has 6 heteroatoms. The SMILES string of the molecule is COc1ccc(Cc2cc3c(cc2OCCOC(C)=O)OCO3)cc1. The van der Waals surface area contributed by atoms with Gasteiger partial charge in [0.1, 0.15) is 24.7 Å². The Morgan fingerprint density at radius 3 is 2.48 bits per heavy atom. The Hall–Kier alpha value is -2.89. The molecule has 3 rings (SSSR count). The zero-order valence-corrected chi connectivity index (χ0v) is 14.2. The van der Waals surface area contributed by atoms with Gasteiger partial charge in [-0.05, 0) is 23.8 Å². The molecular formula is C19H20O6. The number of ether oxygens (including phenoxy) is 5. The molecule has 0 spiro atoms. The third kappa shape index (κ3) is 4.35. The molecule has 0 amide bonds.